The molecule has 1 aromatic rings. The molecule has 1 aliphatic rings. The highest BCUT2D eigenvalue weighted by atomic mass is 16.5. The molecule has 2 N–H and O–H groups in total. The molecule has 2 rings (SSSR count). The lowest BCUT2D eigenvalue weighted by Crippen LogP contribution is -2.39. The molecule has 0 radical (unpaired) electrons. The van der Waals surface area contributed by atoms with Gasteiger partial charge < -0.3 is 24.8 Å². The molecule has 2 atom stereocenters. The molecule has 0 heterocycles. The highest BCUT2D eigenvalue weighted by Gasteiger charge is 2.19. The van der Waals surface area contributed by atoms with Crippen LogP contribution in [0, 0.1) is 5.92 Å². The van der Waals surface area contributed by atoms with Gasteiger partial charge >= 0.3 is 0 Å². The Morgan fingerprint density at radius 2 is 1.76 bits per heavy atom. The van der Waals surface area contributed by atoms with Crippen LogP contribution in [-0.2, 0) is 0 Å². The number of methoxy groups -OCH3 is 3. The van der Waals surface area contributed by atoms with E-state index in [1.54, 1.807) is 12.1 Å². The van der Waals surface area contributed by atoms with Crippen LogP contribution in [0.3, 0.4) is 0 Å². The van der Waals surface area contributed by atoms with Gasteiger partial charge in [0, 0.05) is 24.7 Å². The van der Waals surface area contributed by atoms with E-state index in [9.17, 15) is 4.79 Å². The van der Waals surface area contributed by atoms with Gasteiger partial charge in [-0.15, -0.1) is 0 Å². The fourth-order valence-corrected chi connectivity index (χ4v) is 3.39. The summed E-state index contributed by atoms with van der Waals surface area (Å²) >= 11 is 0. The lowest BCUT2D eigenvalue weighted by Gasteiger charge is -2.27. The summed E-state index contributed by atoms with van der Waals surface area (Å²) in [6, 6.07) is 3.89. The zero-order chi connectivity index (χ0) is 18.2. The van der Waals surface area contributed by atoms with Crippen LogP contribution in [0.1, 0.15) is 43.0 Å². The van der Waals surface area contributed by atoms with Gasteiger partial charge in [-0.25, -0.2) is 0 Å². The Balaban J connectivity index is 1.88. The number of hydrogen-bond acceptors (Lipinski definition) is 5. The van der Waals surface area contributed by atoms with Gasteiger partial charge in [-0.3, -0.25) is 4.79 Å². The second-order valence-corrected chi connectivity index (χ2v) is 6.59. The highest BCUT2D eigenvalue weighted by molar-refractivity contribution is 5.95. The topological polar surface area (TPSA) is 68.8 Å². The quantitative estimate of drug-likeness (QED) is 0.706. The predicted molar refractivity (Wildman–Crippen MR) is 97.9 cm³/mol. The zero-order valence-corrected chi connectivity index (χ0v) is 15.7. The number of rotatable bonds is 8. The first-order chi connectivity index (χ1) is 12.1. The second-order valence-electron chi connectivity index (χ2n) is 6.59. The Morgan fingerprint density at radius 1 is 1.08 bits per heavy atom. The van der Waals surface area contributed by atoms with E-state index in [2.05, 4.69) is 17.6 Å². The standard InChI is InChI=1S/C19H30N2O4/c1-13-6-5-7-15(10-13)20-8-9-21-19(22)14-11-16(23-2)18(25-4)17(12-14)24-3/h11-13,15,20H,5-10H2,1-4H3,(H,21,22). The first-order valence-corrected chi connectivity index (χ1v) is 8.90. The minimum absolute atomic E-state index is 0.155. The number of hydrogen-bond donors (Lipinski definition) is 2. The number of amides is 1. The normalized spacial score (nSPS) is 20.0. The van der Waals surface area contributed by atoms with Crippen molar-refractivity contribution in [2.75, 3.05) is 34.4 Å². The van der Waals surface area contributed by atoms with Crippen LogP contribution in [0.4, 0.5) is 0 Å². The summed E-state index contributed by atoms with van der Waals surface area (Å²) < 4.78 is 15.9. The Morgan fingerprint density at radius 3 is 2.32 bits per heavy atom. The molecule has 1 aliphatic carbocycles. The molecule has 1 aromatic carbocycles. The molecule has 1 saturated carbocycles. The highest BCUT2D eigenvalue weighted by Crippen LogP contribution is 2.38. The molecule has 0 aliphatic heterocycles. The van der Waals surface area contributed by atoms with Crippen LogP contribution >= 0.6 is 0 Å². The van der Waals surface area contributed by atoms with Crippen molar-refractivity contribution in [2.24, 2.45) is 5.92 Å². The van der Waals surface area contributed by atoms with Crippen LogP contribution < -0.4 is 24.8 Å². The third-order valence-corrected chi connectivity index (χ3v) is 4.71. The van der Waals surface area contributed by atoms with Crippen molar-refractivity contribution in [2.45, 2.75) is 38.6 Å². The zero-order valence-electron chi connectivity index (χ0n) is 15.7. The van der Waals surface area contributed by atoms with Gasteiger partial charge in [-0.05, 0) is 30.9 Å². The summed E-state index contributed by atoms with van der Waals surface area (Å²) in [5.74, 6) is 2.07. The average molecular weight is 350 g/mol. The van der Waals surface area contributed by atoms with Crippen LogP contribution in [0.25, 0.3) is 0 Å². The number of nitrogens with one attached hydrogen (secondary N) is 2. The molecule has 1 amide bonds. The first kappa shape index (κ1) is 19.4. The largest absolute Gasteiger partial charge is 0.493 e. The van der Waals surface area contributed by atoms with E-state index < -0.39 is 0 Å². The summed E-state index contributed by atoms with van der Waals surface area (Å²) in [6.07, 6.45) is 5.07. The van der Waals surface area contributed by atoms with E-state index in [1.165, 1.54) is 47.0 Å². The van der Waals surface area contributed by atoms with E-state index in [4.69, 9.17) is 14.2 Å². The van der Waals surface area contributed by atoms with Crippen LogP contribution in [0.5, 0.6) is 17.2 Å². The fraction of sp³-hybridized carbons (Fsp3) is 0.632. The van der Waals surface area contributed by atoms with Crippen molar-refractivity contribution in [1.82, 2.24) is 10.6 Å². The van der Waals surface area contributed by atoms with Gasteiger partial charge in [-0.1, -0.05) is 19.8 Å². The Hall–Kier alpha value is -1.95. The summed E-state index contributed by atoms with van der Waals surface area (Å²) in [5.41, 5.74) is 0.487. The predicted octanol–water partition coefficient (Wildman–Crippen LogP) is 2.61. The molecule has 0 aromatic heterocycles. The summed E-state index contributed by atoms with van der Waals surface area (Å²) in [5, 5.41) is 6.47. The van der Waals surface area contributed by atoms with Crippen molar-refractivity contribution in [3.8, 4) is 17.2 Å². The molecule has 1 fully saturated rings. The molecule has 6 heteroatoms. The lowest BCUT2D eigenvalue weighted by atomic mass is 9.87. The van der Waals surface area contributed by atoms with Crippen molar-refractivity contribution in [3.63, 3.8) is 0 Å². The molecule has 0 bridgehead atoms. The van der Waals surface area contributed by atoms with Crippen LogP contribution in [0.2, 0.25) is 0 Å². The average Bonchev–Trinajstić information content (AvgIpc) is 2.63. The van der Waals surface area contributed by atoms with Gasteiger partial charge in [0.1, 0.15) is 0 Å². The number of benzene rings is 1. The summed E-state index contributed by atoms with van der Waals surface area (Å²) in [6.45, 7) is 3.66. The van der Waals surface area contributed by atoms with Gasteiger partial charge in [-0.2, -0.15) is 0 Å². The van der Waals surface area contributed by atoms with Crippen molar-refractivity contribution in [1.29, 1.82) is 0 Å². The lowest BCUT2D eigenvalue weighted by molar-refractivity contribution is 0.0952. The maximum absolute atomic E-state index is 12.4. The van der Waals surface area contributed by atoms with Gasteiger partial charge in [0.05, 0.1) is 21.3 Å². The maximum atomic E-state index is 12.4. The second kappa shape index (κ2) is 9.51. The van der Waals surface area contributed by atoms with Gasteiger partial charge in [0.25, 0.3) is 5.91 Å². The SMILES string of the molecule is COc1cc(C(=O)NCCNC2CCCC(C)C2)cc(OC)c1OC. The molecule has 6 nitrogen and oxygen atoms in total. The third kappa shape index (κ3) is 5.26. The monoisotopic (exact) mass is 350 g/mol. The number of carbonyl (C=O) groups is 1. The molecular formula is C19H30N2O4. The molecule has 0 spiro atoms. The molecule has 140 valence electrons. The minimum Gasteiger partial charge on any atom is -0.493 e. The van der Waals surface area contributed by atoms with Gasteiger partial charge in [0.2, 0.25) is 5.75 Å². The summed E-state index contributed by atoms with van der Waals surface area (Å²) in [4.78, 5) is 12.4. The van der Waals surface area contributed by atoms with Crippen molar-refractivity contribution < 1.29 is 19.0 Å². The Kier molecular flexibility index (Phi) is 7.37. The summed E-state index contributed by atoms with van der Waals surface area (Å²) in [7, 11) is 4.61. The maximum Gasteiger partial charge on any atom is 0.251 e. The minimum atomic E-state index is -0.155. The van der Waals surface area contributed by atoms with E-state index >= 15 is 0 Å². The van der Waals surface area contributed by atoms with E-state index in [0.29, 0.717) is 35.4 Å². The Labute approximate surface area is 150 Å². The van der Waals surface area contributed by atoms with Crippen LogP contribution in [0.15, 0.2) is 12.1 Å². The first-order valence-electron chi connectivity index (χ1n) is 8.90. The van der Waals surface area contributed by atoms with E-state index in [0.717, 1.165) is 12.5 Å². The Bertz CT molecular complexity index is 552. The molecule has 2 unspecified atom stereocenters. The number of carbonyl (C=O) groups excluding carboxylic acids is 1. The number of ether oxygens (including phenoxy) is 3. The third-order valence-electron chi connectivity index (χ3n) is 4.71. The van der Waals surface area contributed by atoms with Gasteiger partial charge in [0.15, 0.2) is 11.5 Å². The molecular weight excluding hydrogens is 320 g/mol. The molecule has 25 heavy (non-hydrogen) atoms. The molecule has 0 saturated heterocycles. The van der Waals surface area contributed by atoms with Crippen molar-refractivity contribution >= 4 is 5.91 Å². The fourth-order valence-electron chi connectivity index (χ4n) is 3.39. The van der Waals surface area contributed by atoms with E-state index in [-0.39, 0.29) is 5.91 Å². The van der Waals surface area contributed by atoms with Crippen LogP contribution in [-0.4, -0.2) is 46.4 Å². The van der Waals surface area contributed by atoms with Crippen molar-refractivity contribution in [3.05, 3.63) is 17.7 Å². The smallest absolute Gasteiger partial charge is 0.251 e. The van der Waals surface area contributed by atoms with E-state index in [1.807, 2.05) is 0 Å².